The monoisotopic (exact) mass is 268 g/mol. The number of aliphatic hydroxyl groups is 1. The summed E-state index contributed by atoms with van der Waals surface area (Å²) in [6, 6.07) is 4.76. The van der Waals surface area contributed by atoms with Gasteiger partial charge in [-0.2, -0.15) is 0 Å². The Balaban J connectivity index is 2.65. The van der Waals surface area contributed by atoms with Gasteiger partial charge in [0.15, 0.2) is 6.23 Å². The van der Waals surface area contributed by atoms with Gasteiger partial charge < -0.3 is 10.4 Å². The van der Waals surface area contributed by atoms with Crippen LogP contribution < -0.4 is 5.32 Å². The minimum Gasteiger partial charge on any atom is -0.369 e. The second-order valence-electron chi connectivity index (χ2n) is 2.63. The lowest BCUT2D eigenvalue weighted by Crippen LogP contribution is -2.43. The maximum Gasteiger partial charge on any atom is 0.271 e. The molecule has 7 heteroatoms. The van der Waals surface area contributed by atoms with Gasteiger partial charge in [-0.05, 0) is 12.1 Å². The van der Waals surface area contributed by atoms with Crippen LogP contribution in [-0.2, 0) is 0 Å². The third-order valence-electron chi connectivity index (χ3n) is 1.48. The van der Waals surface area contributed by atoms with E-state index in [0.717, 1.165) is 0 Å². The van der Waals surface area contributed by atoms with Gasteiger partial charge in [0.2, 0.25) is 3.79 Å². The number of aliphatic hydroxyl groups excluding tert-OH is 1. The number of aromatic nitrogens is 1. The van der Waals surface area contributed by atoms with Gasteiger partial charge in [0.05, 0.1) is 0 Å². The van der Waals surface area contributed by atoms with E-state index < -0.39 is 15.9 Å². The molecule has 0 aromatic carbocycles. The molecule has 0 unspecified atom stereocenters. The van der Waals surface area contributed by atoms with Crippen molar-refractivity contribution >= 4 is 40.7 Å². The molecule has 0 spiro atoms. The van der Waals surface area contributed by atoms with Crippen molar-refractivity contribution in [1.82, 2.24) is 10.3 Å². The number of alkyl halides is 3. The van der Waals surface area contributed by atoms with Crippen LogP contribution in [-0.4, -0.2) is 26.0 Å². The summed E-state index contributed by atoms with van der Waals surface area (Å²) in [6.07, 6.45) is -0.145. The number of nitrogens with zero attached hydrogens (tertiary/aromatic N) is 1. The van der Waals surface area contributed by atoms with Crippen molar-refractivity contribution in [3.8, 4) is 0 Å². The SMILES string of the molecule is O=C(N[C@H](O)C(Cl)(Cl)Cl)c1ccccn1. The van der Waals surface area contributed by atoms with Crippen molar-refractivity contribution in [3.63, 3.8) is 0 Å². The van der Waals surface area contributed by atoms with Crippen LogP contribution in [0.4, 0.5) is 0 Å². The topological polar surface area (TPSA) is 62.2 Å². The highest BCUT2D eigenvalue weighted by Crippen LogP contribution is 2.28. The van der Waals surface area contributed by atoms with Crippen molar-refractivity contribution in [2.24, 2.45) is 0 Å². The standard InChI is InChI=1S/C8H7Cl3N2O2/c9-8(10,11)7(15)13-6(14)5-3-1-2-4-12-5/h1-4,7,15H,(H,13,14)/t7-/m1/s1. The Morgan fingerprint density at radius 2 is 2.13 bits per heavy atom. The first kappa shape index (κ1) is 12.5. The zero-order valence-corrected chi connectivity index (χ0v) is 9.59. The van der Waals surface area contributed by atoms with E-state index in [1.165, 1.54) is 12.3 Å². The molecule has 0 bridgehead atoms. The van der Waals surface area contributed by atoms with Gasteiger partial charge in [0.25, 0.3) is 5.91 Å². The van der Waals surface area contributed by atoms with E-state index >= 15 is 0 Å². The number of hydrogen-bond donors (Lipinski definition) is 2. The molecular weight excluding hydrogens is 262 g/mol. The van der Waals surface area contributed by atoms with Crippen molar-refractivity contribution in [2.45, 2.75) is 10.0 Å². The molecule has 1 atom stereocenters. The Morgan fingerprint density at radius 3 is 2.60 bits per heavy atom. The number of amides is 1. The second-order valence-corrected chi connectivity index (χ2v) is 5.00. The molecule has 4 nitrogen and oxygen atoms in total. The van der Waals surface area contributed by atoms with E-state index in [1.54, 1.807) is 12.1 Å². The van der Waals surface area contributed by atoms with Gasteiger partial charge in [-0.25, -0.2) is 0 Å². The Bertz CT molecular complexity index is 339. The fraction of sp³-hybridized carbons (Fsp3) is 0.250. The number of pyridine rings is 1. The molecule has 0 radical (unpaired) electrons. The molecule has 1 heterocycles. The third kappa shape index (κ3) is 3.83. The Morgan fingerprint density at radius 1 is 1.47 bits per heavy atom. The molecule has 0 aliphatic rings. The largest absolute Gasteiger partial charge is 0.369 e. The van der Waals surface area contributed by atoms with Crippen LogP contribution in [0.15, 0.2) is 24.4 Å². The summed E-state index contributed by atoms with van der Waals surface area (Å²) in [5.41, 5.74) is 0.130. The number of carbonyl (C=O) groups is 1. The van der Waals surface area contributed by atoms with Gasteiger partial charge in [-0.15, -0.1) is 0 Å². The molecular formula is C8H7Cl3N2O2. The molecule has 2 N–H and O–H groups in total. The molecule has 0 saturated carbocycles. The quantitative estimate of drug-likeness (QED) is 0.632. The summed E-state index contributed by atoms with van der Waals surface area (Å²) in [6.45, 7) is 0. The lowest BCUT2D eigenvalue weighted by Gasteiger charge is -2.19. The van der Waals surface area contributed by atoms with E-state index in [2.05, 4.69) is 10.3 Å². The number of carbonyl (C=O) groups excluding carboxylic acids is 1. The summed E-state index contributed by atoms with van der Waals surface area (Å²) in [4.78, 5) is 15.2. The average Bonchev–Trinajstić information content (AvgIpc) is 2.17. The van der Waals surface area contributed by atoms with Crippen LogP contribution >= 0.6 is 34.8 Å². The van der Waals surface area contributed by atoms with E-state index in [-0.39, 0.29) is 5.69 Å². The van der Waals surface area contributed by atoms with Gasteiger partial charge >= 0.3 is 0 Å². The molecule has 82 valence electrons. The summed E-state index contributed by atoms with van der Waals surface area (Å²) in [5, 5.41) is 11.4. The fourth-order valence-electron chi connectivity index (χ4n) is 0.777. The normalized spacial score (nSPS) is 13.3. The van der Waals surface area contributed by atoms with Crippen molar-refractivity contribution in [1.29, 1.82) is 0 Å². The average molecular weight is 270 g/mol. The summed E-state index contributed by atoms with van der Waals surface area (Å²) >= 11 is 16.1. The second kappa shape index (κ2) is 4.99. The molecule has 0 aliphatic carbocycles. The van der Waals surface area contributed by atoms with Crippen LogP contribution in [0.2, 0.25) is 0 Å². The van der Waals surface area contributed by atoms with Crippen molar-refractivity contribution in [3.05, 3.63) is 30.1 Å². The number of hydrogen-bond acceptors (Lipinski definition) is 3. The smallest absolute Gasteiger partial charge is 0.271 e. The highest BCUT2D eigenvalue weighted by molar-refractivity contribution is 6.68. The van der Waals surface area contributed by atoms with Gasteiger partial charge in [-0.1, -0.05) is 40.9 Å². The van der Waals surface area contributed by atoms with Gasteiger partial charge in [0.1, 0.15) is 5.69 Å². The van der Waals surface area contributed by atoms with Crippen LogP contribution in [0.5, 0.6) is 0 Å². The predicted molar refractivity (Wildman–Crippen MR) is 58.0 cm³/mol. The minimum absolute atomic E-state index is 0.130. The first-order valence-electron chi connectivity index (χ1n) is 3.88. The molecule has 1 aromatic rings. The van der Waals surface area contributed by atoms with Crippen LogP contribution in [0.1, 0.15) is 10.5 Å². The molecule has 0 aliphatic heterocycles. The van der Waals surface area contributed by atoms with Crippen LogP contribution in [0.25, 0.3) is 0 Å². The van der Waals surface area contributed by atoms with Gasteiger partial charge in [-0.3, -0.25) is 9.78 Å². The van der Waals surface area contributed by atoms with Crippen LogP contribution in [0, 0.1) is 0 Å². The predicted octanol–water partition coefficient (Wildman–Crippen LogP) is 1.50. The summed E-state index contributed by atoms with van der Waals surface area (Å²) < 4.78 is -1.97. The molecule has 1 rings (SSSR count). The van der Waals surface area contributed by atoms with E-state index in [9.17, 15) is 9.90 Å². The highest BCUT2D eigenvalue weighted by atomic mass is 35.6. The first-order valence-corrected chi connectivity index (χ1v) is 5.01. The Kier molecular flexibility index (Phi) is 4.16. The molecule has 0 fully saturated rings. The maximum absolute atomic E-state index is 11.4. The maximum atomic E-state index is 11.4. The zero-order valence-electron chi connectivity index (χ0n) is 7.32. The first-order chi connectivity index (χ1) is 6.91. The lowest BCUT2D eigenvalue weighted by molar-refractivity contribution is 0.0787. The molecule has 0 saturated heterocycles. The molecule has 1 aromatic heterocycles. The third-order valence-corrected chi connectivity index (χ3v) is 2.10. The molecule has 1 amide bonds. The highest BCUT2D eigenvalue weighted by Gasteiger charge is 2.32. The van der Waals surface area contributed by atoms with Crippen molar-refractivity contribution < 1.29 is 9.90 Å². The summed E-state index contributed by atoms with van der Waals surface area (Å²) in [7, 11) is 0. The Labute approximate surface area is 101 Å². The summed E-state index contributed by atoms with van der Waals surface area (Å²) in [5.74, 6) is -0.616. The minimum atomic E-state index is -1.97. The number of rotatable bonds is 2. The van der Waals surface area contributed by atoms with E-state index in [4.69, 9.17) is 34.8 Å². The van der Waals surface area contributed by atoms with Gasteiger partial charge in [0, 0.05) is 6.20 Å². The fourth-order valence-corrected chi connectivity index (χ4v) is 0.941. The lowest BCUT2D eigenvalue weighted by atomic mass is 10.3. The molecule has 15 heavy (non-hydrogen) atoms. The number of nitrogens with one attached hydrogen (secondary N) is 1. The van der Waals surface area contributed by atoms with E-state index in [0.29, 0.717) is 0 Å². The Hall–Kier alpha value is -0.550. The van der Waals surface area contributed by atoms with E-state index in [1.807, 2.05) is 0 Å². The number of halogens is 3. The van der Waals surface area contributed by atoms with Crippen molar-refractivity contribution in [2.75, 3.05) is 0 Å². The zero-order chi connectivity index (χ0) is 11.5. The van der Waals surface area contributed by atoms with Crippen LogP contribution in [0.3, 0.4) is 0 Å².